The van der Waals surface area contributed by atoms with Crippen LogP contribution in [0.1, 0.15) is 12.8 Å². The summed E-state index contributed by atoms with van der Waals surface area (Å²) in [6.45, 7) is 0. The molecule has 0 rings (SSSR count). The number of thioether (sulfide) groups is 1. The zero-order valence-electron chi connectivity index (χ0n) is 15.7. The van der Waals surface area contributed by atoms with Gasteiger partial charge in [-0.25, -0.2) is 4.79 Å². The number of hydrogen-bond donors (Lipinski definition) is 8. The van der Waals surface area contributed by atoms with E-state index in [4.69, 9.17) is 10.8 Å². The van der Waals surface area contributed by atoms with Crippen LogP contribution in [0.5, 0.6) is 0 Å². The number of carboxylic acids is 2. The van der Waals surface area contributed by atoms with E-state index >= 15 is 0 Å². The SMILES string of the molecule is CSCCC(NC(=O)C(CS)NC(=O)C(CS)NC(=O)C(N)CC(=O)O)C(=O)O. The first kappa shape index (κ1) is 27.4. The van der Waals surface area contributed by atoms with Crippen molar-refractivity contribution in [1.29, 1.82) is 0 Å². The van der Waals surface area contributed by atoms with Crippen molar-refractivity contribution >= 4 is 66.7 Å². The minimum atomic E-state index is -1.36. The van der Waals surface area contributed by atoms with Gasteiger partial charge in [-0.05, 0) is 18.4 Å². The highest BCUT2D eigenvalue weighted by Gasteiger charge is 2.29. The Labute approximate surface area is 183 Å². The Morgan fingerprint density at radius 2 is 1.34 bits per heavy atom. The predicted molar refractivity (Wildman–Crippen MR) is 114 cm³/mol. The van der Waals surface area contributed by atoms with Gasteiger partial charge in [0.05, 0.1) is 12.5 Å². The van der Waals surface area contributed by atoms with E-state index in [-0.39, 0.29) is 17.9 Å². The topological polar surface area (TPSA) is 188 Å². The summed E-state index contributed by atoms with van der Waals surface area (Å²) in [5.41, 5.74) is 5.44. The molecule has 166 valence electrons. The standard InChI is InChI=1S/C15H26N4O7S3/c1-29-3-2-8(15(25)26)17-13(23)10(6-28)19-14(24)9(5-27)18-12(22)7(16)4-11(20)21/h7-10,27-28H,2-6,16H2,1H3,(H,17,23)(H,18,22)(H,19,24)(H,20,21)(H,25,26). The van der Waals surface area contributed by atoms with Gasteiger partial charge < -0.3 is 31.9 Å². The van der Waals surface area contributed by atoms with Gasteiger partial charge >= 0.3 is 11.9 Å². The number of carbonyl (C=O) groups excluding carboxylic acids is 3. The molecule has 11 nitrogen and oxygen atoms in total. The van der Waals surface area contributed by atoms with Gasteiger partial charge in [-0.3, -0.25) is 19.2 Å². The largest absolute Gasteiger partial charge is 0.481 e. The molecule has 0 saturated heterocycles. The van der Waals surface area contributed by atoms with Crippen LogP contribution in [-0.2, 0) is 24.0 Å². The minimum Gasteiger partial charge on any atom is -0.481 e. The zero-order chi connectivity index (χ0) is 22.6. The fourth-order valence-electron chi connectivity index (χ4n) is 1.99. The summed E-state index contributed by atoms with van der Waals surface area (Å²) < 4.78 is 0. The van der Waals surface area contributed by atoms with Crippen molar-refractivity contribution in [3.8, 4) is 0 Å². The first-order valence-electron chi connectivity index (χ1n) is 8.39. The molecule has 0 aliphatic carbocycles. The number of aliphatic carboxylic acids is 2. The van der Waals surface area contributed by atoms with E-state index in [1.165, 1.54) is 11.8 Å². The highest BCUT2D eigenvalue weighted by atomic mass is 32.2. The number of nitrogens with one attached hydrogen (secondary N) is 3. The number of nitrogens with two attached hydrogens (primary N) is 1. The van der Waals surface area contributed by atoms with Crippen LogP contribution in [0.25, 0.3) is 0 Å². The minimum absolute atomic E-state index is 0.127. The lowest BCUT2D eigenvalue weighted by Crippen LogP contribution is -2.58. The molecule has 0 aliphatic rings. The molecule has 0 aromatic rings. The van der Waals surface area contributed by atoms with Crippen LogP contribution in [0.15, 0.2) is 0 Å². The smallest absolute Gasteiger partial charge is 0.326 e. The third kappa shape index (κ3) is 10.6. The van der Waals surface area contributed by atoms with E-state index in [1.807, 2.05) is 0 Å². The summed E-state index contributed by atoms with van der Waals surface area (Å²) in [4.78, 5) is 58.4. The lowest BCUT2D eigenvalue weighted by atomic mass is 10.1. The summed E-state index contributed by atoms with van der Waals surface area (Å²) >= 11 is 9.38. The van der Waals surface area contributed by atoms with Gasteiger partial charge in [0.25, 0.3) is 0 Å². The molecule has 29 heavy (non-hydrogen) atoms. The monoisotopic (exact) mass is 470 g/mol. The normalized spacial score (nSPS) is 14.8. The van der Waals surface area contributed by atoms with Crippen molar-refractivity contribution in [3.63, 3.8) is 0 Å². The quantitative estimate of drug-likeness (QED) is 0.132. The molecule has 0 saturated carbocycles. The van der Waals surface area contributed by atoms with Crippen LogP contribution in [0.4, 0.5) is 0 Å². The fourth-order valence-corrected chi connectivity index (χ4v) is 2.97. The van der Waals surface area contributed by atoms with Crippen LogP contribution < -0.4 is 21.7 Å². The summed E-state index contributed by atoms with van der Waals surface area (Å²) in [5, 5.41) is 24.8. The lowest BCUT2D eigenvalue weighted by molar-refractivity contribution is -0.142. The van der Waals surface area contributed by atoms with Crippen LogP contribution in [-0.4, -0.2) is 87.6 Å². The molecule has 0 radical (unpaired) electrons. The van der Waals surface area contributed by atoms with E-state index in [0.29, 0.717) is 5.75 Å². The van der Waals surface area contributed by atoms with Gasteiger partial charge in [-0.15, -0.1) is 0 Å². The highest BCUT2D eigenvalue weighted by Crippen LogP contribution is 2.03. The summed E-state index contributed by atoms with van der Waals surface area (Å²) in [7, 11) is 0. The van der Waals surface area contributed by atoms with E-state index in [2.05, 4.69) is 41.2 Å². The van der Waals surface area contributed by atoms with Gasteiger partial charge in [0.1, 0.15) is 18.1 Å². The Balaban J connectivity index is 4.95. The second-order valence-corrected chi connectivity index (χ2v) is 7.59. The molecule has 0 aliphatic heterocycles. The second kappa shape index (κ2) is 14.4. The van der Waals surface area contributed by atoms with Gasteiger partial charge in [-0.2, -0.15) is 37.0 Å². The average Bonchev–Trinajstić information content (AvgIpc) is 2.65. The average molecular weight is 471 g/mol. The number of carboxylic acid groups (broad SMARTS) is 2. The maximum absolute atomic E-state index is 12.4. The van der Waals surface area contributed by atoms with E-state index in [0.717, 1.165) is 0 Å². The molecule has 0 heterocycles. The Bertz CT molecular complexity index is 608. The molecule has 3 amide bonds. The van der Waals surface area contributed by atoms with Crippen LogP contribution in [0.3, 0.4) is 0 Å². The Morgan fingerprint density at radius 3 is 1.72 bits per heavy atom. The summed E-state index contributed by atoms with van der Waals surface area (Å²) in [5.74, 6) is -4.63. The fraction of sp³-hybridized carbons (Fsp3) is 0.667. The molecule has 0 fully saturated rings. The molecule has 0 aromatic heterocycles. The van der Waals surface area contributed by atoms with Crippen molar-refractivity contribution in [2.45, 2.75) is 37.0 Å². The molecular weight excluding hydrogens is 444 g/mol. The number of amides is 3. The Morgan fingerprint density at radius 1 is 0.897 bits per heavy atom. The molecule has 0 aromatic carbocycles. The molecule has 4 atom stereocenters. The van der Waals surface area contributed by atoms with Gasteiger partial charge in [0.15, 0.2) is 0 Å². The predicted octanol–water partition coefficient (Wildman–Crippen LogP) is -2.06. The summed E-state index contributed by atoms with van der Waals surface area (Å²) in [6, 6.07) is -4.83. The zero-order valence-corrected chi connectivity index (χ0v) is 18.3. The third-order valence-corrected chi connectivity index (χ3v) is 4.96. The molecular formula is C15H26N4O7S3. The summed E-state index contributed by atoms with van der Waals surface area (Å²) in [6.07, 6.45) is 1.37. The van der Waals surface area contributed by atoms with Crippen molar-refractivity contribution in [2.75, 3.05) is 23.5 Å². The second-order valence-electron chi connectivity index (χ2n) is 5.87. The van der Waals surface area contributed by atoms with Crippen LogP contribution in [0.2, 0.25) is 0 Å². The molecule has 14 heteroatoms. The van der Waals surface area contributed by atoms with Gasteiger partial charge in [0, 0.05) is 11.5 Å². The molecule has 0 spiro atoms. The third-order valence-electron chi connectivity index (χ3n) is 3.59. The van der Waals surface area contributed by atoms with E-state index < -0.39 is 60.2 Å². The Kier molecular flexibility index (Phi) is 13.5. The lowest BCUT2D eigenvalue weighted by Gasteiger charge is -2.23. The first-order chi connectivity index (χ1) is 13.6. The number of thiol groups is 2. The van der Waals surface area contributed by atoms with E-state index in [9.17, 15) is 29.1 Å². The molecule has 0 bridgehead atoms. The van der Waals surface area contributed by atoms with Crippen LogP contribution >= 0.6 is 37.0 Å². The van der Waals surface area contributed by atoms with Crippen molar-refractivity contribution < 1.29 is 34.2 Å². The van der Waals surface area contributed by atoms with Crippen molar-refractivity contribution in [3.05, 3.63) is 0 Å². The van der Waals surface area contributed by atoms with Gasteiger partial charge in [0.2, 0.25) is 17.7 Å². The molecule has 7 N–H and O–H groups in total. The number of rotatable bonds is 14. The van der Waals surface area contributed by atoms with Crippen LogP contribution in [0, 0.1) is 0 Å². The number of carbonyl (C=O) groups is 5. The molecule has 4 unspecified atom stereocenters. The highest BCUT2D eigenvalue weighted by molar-refractivity contribution is 7.98. The maximum Gasteiger partial charge on any atom is 0.326 e. The van der Waals surface area contributed by atoms with Crippen molar-refractivity contribution in [1.82, 2.24) is 16.0 Å². The van der Waals surface area contributed by atoms with Gasteiger partial charge in [-0.1, -0.05) is 0 Å². The Hall–Kier alpha value is -1.64. The first-order valence-corrected chi connectivity index (χ1v) is 11.0. The maximum atomic E-state index is 12.4. The van der Waals surface area contributed by atoms with E-state index in [1.54, 1.807) is 6.26 Å². The van der Waals surface area contributed by atoms with Crippen molar-refractivity contribution in [2.24, 2.45) is 5.73 Å². The number of hydrogen-bond acceptors (Lipinski definition) is 9.